The molecule has 9 heteroatoms. The van der Waals surface area contributed by atoms with Gasteiger partial charge in [-0.2, -0.15) is 0 Å². The van der Waals surface area contributed by atoms with Crippen molar-refractivity contribution in [1.29, 1.82) is 0 Å². The molecule has 2 rings (SSSR count). The van der Waals surface area contributed by atoms with Crippen LogP contribution in [0.15, 0.2) is 33.1 Å². The van der Waals surface area contributed by atoms with Crippen LogP contribution in [0.4, 0.5) is 5.69 Å². The Balaban J connectivity index is 2.36. The molecule has 0 fully saturated rings. The molecular formula is C9H5BrCl2N2O2S2. The van der Waals surface area contributed by atoms with Crippen molar-refractivity contribution in [3.63, 3.8) is 0 Å². The lowest BCUT2D eigenvalue weighted by molar-refractivity contribution is 0.603. The van der Waals surface area contributed by atoms with Crippen LogP contribution < -0.4 is 4.72 Å². The molecule has 0 aliphatic carbocycles. The molecule has 1 N–H and O–H groups in total. The van der Waals surface area contributed by atoms with Crippen LogP contribution in [-0.4, -0.2) is 13.4 Å². The molecule has 2 heterocycles. The van der Waals surface area contributed by atoms with Crippen molar-refractivity contribution in [2.75, 3.05) is 4.72 Å². The van der Waals surface area contributed by atoms with Gasteiger partial charge in [0.05, 0.1) is 10.0 Å². The van der Waals surface area contributed by atoms with Gasteiger partial charge < -0.3 is 0 Å². The fraction of sp³-hybridized carbons (Fsp3) is 0. The van der Waals surface area contributed by atoms with E-state index in [1.54, 1.807) is 0 Å². The minimum absolute atomic E-state index is 0.0735. The first-order valence-corrected chi connectivity index (χ1v) is 8.32. The fourth-order valence-electron chi connectivity index (χ4n) is 1.13. The maximum atomic E-state index is 12.0. The summed E-state index contributed by atoms with van der Waals surface area (Å²) in [6, 6.07) is 4.47. The van der Waals surface area contributed by atoms with E-state index in [1.807, 2.05) is 0 Å². The molecule has 0 aliphatic heterocycles. The summed E-state index contributed by atoms with van der Waals surface area (Å²) in [5, 5.41) is 0.0735. The monoisotopic (exact) mass is 386 g/mol. The quantitative estimate of drug-likeness (QED) is 0.809. The molecule has 18 heavy (non-hydrogen) atoms. The van der Waals surface area contributed by atoms with Crippen LogP contribution >= 0.6 is 50.5 Å². The SMILES string of the molecule is O=S(=O)(Nc1cc(Br)cnc1Cl)c1ccc(Cl)s1. The third-order valence-electron chi connectivity index (χ3n) is 1.86. The molecule has 0 spiro atoms. The zero-order valence-electron chi connectivity index (χ0n) is 8.52. The third-order valence-corrected chi connectivity index (χ3v) is 5.69. The van der Waals surface area contributed by atoms with Crippen molar-refractivity contribution in [3.05, 3.63) is 38.4 Å². The molecule has 0 bridgehead atoms. The van der Waals surface area contributed by atoms with Crippen molar-refractivity contribution >= 4 is 66.2 Å². The molecule has 2 aromatic rings. The minimum Gasteiger partial charge on any atom is -0.276 e. The Kier molecular flexibility index (Phi) is 4.18. The van der Waals surface area contributed by atoms with Gasteiger partial charge in [0.25, 0.3) is 10.0 Å². The third kappa shape index (κ3) is 3.16. The normalized spacial score (nSPS) is 11.5. The van der Waals surface area contributed by atoms with Crippen LogP contribution in [-0.2, 0) is 10.0 Å². The summed E-state index contributed by atoms with van der Waals surface area (Å²) in [6.45, 7) is 0. The first kappa shape index (κ1) is 14.1. The van der Waals surface area contributed by atoms with Crippen LogP contribution in [0.5, 0.6) is 0 Å². The van der Waals surface area contributed by atoms with E-state index in [0.717, 1.165) is 11.3 Å². The number of thiophene rings is 1. The Morgan fingerprint density at radius 3 is 2.67 bits per heavy atom. The molecule has 0 unspecified atom stereocenters. The minimum atomic E-state index is -3.69. The lowest BCUT2D eigenvalue weighted by Crippen LogP contribution is -2.12. The van der Waals surface area contributed by atoms with Crippen molar-refractivity contribution in [3.8, 4) is 0 Å². The molecule has 96 valence electrons. The maximum absolute atomic E-state index is 12.0. The van der Waals surface area contributed by atoms with Gasteiger partial charge in [-0.05, 0) is 34.1 Å². The van der Waals surface area contributed by atoms with Crippen molar-refractivity contribution in [2.45, 2.75) is 4.21 Å². The summed E-state index contributed by atoms with van der Waals surface area (Å²) in [7, 11) is -3.69. The molecule has 0 saturated carbocycles. The van der Waals surface area contributed by atoms with Gasteiger partial charge >= 0.3 is 0 Å². The number of halogens is 3. The van der Waals surface area contributed by atoms with E-state index in [-0.39, 0.29) is 15.0 Å². The smallest absolute Gasteiger partial charge is 0.271 e. The molecule has 0 saturated heterocycles. The van der Waals surface area contributed by atoms with Gasteiger partial charge in [-0.15, -0.1) is 11.3 Å². The summed E-state index contributed by atoms with van der Waals surface area (Å²) >= 11 is 15.7. The van der Waals surface area contributed by atoms with Crippen LogP contribution in [0.2, 0.25) is 9.49 Å². The highest BCUT2D eigenvalue weighted by Crippen LogP contribution is 2.29. The first-order chi connectivity index (χ1) is 8.38. The van der Waals surface area contributed by atoms with Crippen LogP contribution in [0, 0.1) is 0 Å². The summed E-state index contributed by atoms with van der Waals surface area (Å²) in [6.07, 6.45) is 1.47. The van der Waals surface area contributed by atoms with Crippen LogP contribution in [0.3, 0.4) is 0 Å². The van der Waals surface area contributed by atoms with E-state index in [2.05, 4.69) is 25.6 Å². The lowest BCUT2D eigenvalue weighted by atomic mass is 10.4. The summed E-state index contributed by atoms with van der Waals surface area (Å²) < 4.78 is 27.5. The Labute approximate surface area is 126 Å². The molecule has 0 aliphatic rings. The molecular weight excluding hydrogens is 383 g/mol. The molecule has 0 atom stereocenters. The molecule has 0 amide bonds. The largest absolute Gasteiger partial charge is 0.276 e. The predicted molar refractivity (Wildman–Crippen MR) is 77.1 cm³/mol. The number of nitrogens with zero attached hydrogens (tertiary/aromatic N) is 1. The van der Waals surface area contributed by atoms with Gasteiger partial charge in [-0.1, -0.05) is 23.2 Å². The van der Waals surface area contributed by atoms with Gasteiger partial charge in [0.1, 0.15) is 4.21 Å². The standard InChI is InChI=1S/C9H5BrCl2N2O2S2/c10-5-3-6(9(12)13-4-5)14-18(15,16)8-2-1-7(11)17-8/h1-4,14H. The van der Waals surface area contributed by atoms with Crippen molar-refractivity contribution < 1.29 is 8.42 Å². The number of hydrogen-bond acceptors (Lipinski definition) is 4. The average Bonchev–Trinajstić information content (AvgIpc) is 2.71. The summed E-state index contributed by atoms with van der Waals surface area (Å²) in [5.41, 5.74) is 0.204. The second-order valence-electron chi connectivity index (χ2n) is 3.16. The summed E-state index contributed by atoms with van der Waals surface area (Å²) in [5.74, 6) is 0. The number of sulfonamides is 1. The zero-order valence-corrected chi connectivity index (χ0v) is 13.3. The van der Waals surface area contributed by atoms with E-state index in [0.29, 0.717) is 8.81 Å². The Morgan fingerprint density at radius 1 is 1.33 bits per heavy atom. The Hall–Kier alpha value is -0.340. The van der Waals surface area contributed by atoms with Crippen LogP contribution in [0.25, 0.3) is 0 Å². The maximum Gasteiger partial charge on any atom is 0.271 e. The van der Waals surface area contributed by atoms with Crippen molar-refractivity contribution in [2.24, 2.45) is 0 Å². The van der Waals surface area contributed by atoms with E-state index < -0.39 is 10.0 Å². The Morgan fingerprint density at radius 2 is 2.06 bits per heavy atom. The number of pyridine rings is 1. The van der Waals surface area contributed by atoms with E-state index >= 15 is 0 Å². The number of rotatable bonds is 3. The second kappa shape index (κ2) is 5.34. The van der Waals surface area contributed by atoms with E-state index in [9.17, 15) is 8.42 Å². The second-order valence-corrected chi connectivity index (χ2v) is 8.05. The topological polar surface area (TPSA) is 59.1 Å². The first-order valence-electron chi connectivity index (χ1n) is 4.48. The van der Waals surface area contributed by atoms with E-state index in [1.165, 1.54) is 24.4 Å². The number of nitrogens with one attached hydrogen (secondary N) is 1. The lowest BCUT2D eigenvalue weighted by Gasteiger charge is -2.07. The Bertz CT molecular complexity index is 688. The molecule has 0 aromatic carbocycles. The van der Waals surface area contributed by atoms with Crippen molar-refractivity contribution in [1.82, 2.24) is 4.98 Å². The van der Waals surface area contributed by atoms with Gasteiger partial charge in [-0.25, -0.2) is 13.4 Å². The molecule has 2 aromatic heterocycles. The number of hydrogen-bond donors (Lipinski definition) is 1. The predicted octanol–water partition coefficient (Wildman–Crippen LogP) is 4.01. The molecule has 0 radical (unpaired) electrons. The zero-order chi connectivity index (χ0) is 13.3. The van der Waals surface area contributed by atoms with Crippen LogP contribution in [0.1, 0.15) is 0 Å². The van der Waals surface area contributed by atoms with Gasteiger partial charge in [-0.3, -0.25) is 4.72 Å². The fourth-order valence-corrected chi connectivity index (χ4v) is 4.21. The highest BCUT2D eigenvalue weighted by molar-refractivity contribution is 9.10. The highest BCUT2D eigenvalue weighted by Gasteiger charge is 2.18. The summed E-state index contributed by atoms with van der Waals surface area (Å²) in [4.78, 5) is 3.83. The average molecular weight is 388 g/mol. The van der Waals surface area contributed by atoms with Gasteiger partial charge in [0.15, 0.2) is 5.15 Å². The van der Waals surface area contributed by atoms with Gasteiger partial charge in [0, 0.05) is 10.7 Å². The van der Waals surface area contributed by atoms with Gasteiger partial charge in [0.2, 0.25) is 0 Å². The van der Waals surface area contributed by atoms with E-state index in [4.69, 9.17) is 23.2 Å². The highest BCUT2D eigenvalue weighted by atomic mass is 79.9. The number of anilines is 1. The molecule has 4 nitrogen and oxygen atoms in total. The number of aromatic nitrogens is 1.